The molecule has 3 nitrogen and oxygen atoms in total. The minimum absolute atomic E-state index is 0.214. The van der Waals surface area contributed by atoms with Gasteiger partial charge in [0.05, 0.1) is 6.17 Å². The molecule has 2 N–H and O–H groups in total. The van der Waals surface area contributed by atoms with Crippen LogP contribution in [0.3, 0.4) is 0 Å². The SMILES string of the molecule is CC1CN(C(C)N)CCN1C. The summed E-state index contributed by atoms with van der Waals surface area (Å²) in [4.78, 5) is 4.70. The molecule has 0 aliphatic carbocycles. The quantitative estimate of drug-likeness (QED) is 0.578. The first-order valence-electron chi connectivity index (χ1n) is 4.31. The first kappa shape index (κ1) is 8.97. The molecule has 66 valence electrons. The average molecular weight is 157 g/mol. The van der Waals surface area contributed by atoms with Gasteiger partial charge in [0.1, 0.15) is 0 Å². The van der Waals surface area contributed by atoms with Gasteiger partial charge in [0.25, 0.3) is 0 Å². The molecule has 3 heteroatoms. The molecule has 2 atom stereocenters. The first-order chi connectivity index (χ1) is 5.11. The van der Waals surface area contributed by atoms with Gasteiger partial charge in [-0.1, -0.05) is 0 Å². The van der Waals surface area contributed by atoms with E-state index in [4.69, 9.17) is 5.73 Å². The van der Waals surface area contributed by atoms with Gasteiger partial charge in [-0.05, 0) is 20.9 Å². The summed E-state index contributed by atoms with van der Waals surface area (Å²) in [6.45, 7) is 7.65. The molecule has 0 aromatic carbocycles. The van der Waals surface area contributed by atoms with E-state index in [1.165, 1.54) is 0 Å². The third kappa shape index (κ3) is 2.15. The minimum Gasteiger partial charge on any atom is -0.316 e. The standard InChI is InChI=1S/C8H19N3/c1-7-6-11(8(2)9)5-4-10(7)3/h7-8H,4-6,9H2,1-3H3. The van der Waals surface area contributed by atoms with Gasteiger partial charge >= 0.3 is 0 Å². The van der Waals surface area contributed by atoms with E-state index >= 15 is 0 Å². The monoisotopic (exact) mass is 157 g/mol. The Labute approximate surface area is 69.1 Å². The minimum atomic E-state index is 0.214. The smallest absolute Gasteiger partial charge is 0.0543 e. The van der Waals surface area contributed by atoms with E-state index in [2.05, 4.69) is 30.7 Å². The molecule has 0 spiro atoms. The van der Waals surface area contributed by atoms with Gasteiger partial charge in [0.15, 0.2) is 0 Å². The van der Waals surface area contributed by atoms with E-state index in [9.17, 15) is 0 Å². The zero-order valence-electron chi connectivity index (χ0n) is 7.75. The van der Waals surface area contributed by atoms with Crippen molar-refractivity contribution in [2.75, 3.05) is 26.7 Å². The van der Waals surface area contributed by atoms with Crippen LogP contribution in [0, 0.1) is 0 Å². The summed E-state index contributed by atoms with van der Waals surface area (Å²) < 4.78 is 0. The second-order valence-corrected chi connectivity index (χ2v) is 3.57. The summed E-state index contributed by atoms with van der Waals surface area (Å²) in [5.41, 5.74) is 5.78. The molecule has 0 radical (unpaired) electrons. The summed E-state index contributed by atoms with van der Waals surface area (Å²) in [6, 6.07) is 0.648. The maximum Gasteiger partial charge on any atom is 0.0543 e. The highest BCUT2D eigenvalue weighted by molar-refractivity contribution is 4.77. The van der Waals surface area contributed by atoms with Crippen molar-refractivity contribution in [2.24, 2.45) is 5.73 Å². The maximum atomic E-state index is 5.78. The van der Waals surface area contributed by atoms with E-state index in [-0.39, 0.29) is 6.17 Å². The number of likely N-dealkylation sites (N-methyl/N-ethyl adjacent to an activating group) is 1. The number of piperazine rings is 1. The third-order valence-electron chi connectivity index (χ3n) is 2.57. The lowest BCUT2D eigenvalue weighted by Crippen LogP contribution is -2.54. The van der Waals surface area contributed by atoms with E-state index in [1.807, 2.05) is 0 Å². The number of rotatable bonds is 1. The molecule has 11 heavy (non-hydrogen) atoms. The van der Waals surface area contributed by atoms with Crippen molar-refractivity contribution in [3.05, 3.63) is 0 Å². The molecule has 2 unspecified atom stereocenters. The van der Waals surface area contributed by atoms with E-state index in [0.29, 0.717) is 6.04 Å². The lowest BCUT2D eigenvalue weighted by atomic mass is 10.2. The molecule has 0 saturated carbocycles. The summed E-state index contributed by atoms with van der Waals surface area (Å²) in [5.74, 6) is 0. The highest BCUT2D eigenvalue weighted by Crippen LogP contribution is 2.07. The van der Waals surface area contributed by atoms with Crippen molar-refractivity contribution in [3.63, 3.8) is 0 Å². The molecule has 1 saturated heterocycles. The maximum absolute atomic E-state index is 5.78. The Morgan fingerprint density at radius 2 is 2.09 bits per heavy atom. The Bertz CT molecular complexity index is 125. The summed E-state index contributed by atoms with van der Waals surface area (Å²) in [7, 11) is 2.17. The zero-order valence-corrected chi connectivity index (χ0v) is 7.75. The second-order valence-electron chi connectivity index (χ2n) is 3.57. The summed E-state index contributed by atoms with van der Waals surface area (Å²) >= 11 is 0. The fourth-order valence-electron chi connectivity index (χ4n) is 1.45. The number of hydrogen-bond donors (Lipinski definition) is 1. The van der Waals surface area contributed by atoms with E-state index in [0.717, 1.165) is 19.6 Å². The molecule has 1 fully saturated rings. The van der Waals surface area contributed by atoms with Crippen LogP contribution in [0.25, 0.3) is 0 Å². The normalized spacial score (nSPS) is 32.2. The van der Waals surface area contributed by atoms with Gasteiger partial charge in [0, 0.05) is 25.7 Å². The number of nitrogens with zero attached hydrogens (tertiary/aromatic N) is 2. The Morgan fingerprint density at radius 3 is 2.55 bits per heavy atom. The van der Waals surface area contributed by atoms with Crippen LogP contribution in [-0.4, -0.2) is 48.7 Å². The van der Waals surface area contributed by atoms with Crippen LogP contribution in [0.2, 0.25) is 0 Å². The Kier molecular flexibility index (Phi) is 2.87. The van der Waals surface area contributed by atoms with Crippen molar-refractivity contribution in [3.8, 4) is 0 Å². The lowest BCUT2D eigenvalue weighted by molar-refractivity contribution is 0.0796. The largest absolute Gasteiger partial charge is 0.316 e. The Morgan fingerprint density at radius 1 is 1.45 bits per heavy atom. The predicted octanol–water partition coefficient (Wildman–Crippen LogP) is -0.0730. The van der Waals surface area contributed by atoms with E-state index in [1.54, 1.807) is 0 Å². The van der Waals surface area contributed by atoms with Crippen LogP contribution >= 0.6 is 0 Å². The van der Waals surface area contributed by atoms with Gasteiger partial charge in [-0.2, -0.15) is 0 Å². The van der Waals surface area contributed by atoms with Crippen molar-refractivity contribution < 1.29 is 0 Å². The van der Waals surface area contributed by atoms with Crippen molar-refractivity contribution in [2.45, 2.75) is 26.1 Å². The van der Waals surface area contributed by atoms with Crippen LogP contribution in [-0.2, 0) is 0 Å². The zero-order chi connectivity index (χ0) is 8.43. The second kappa shape index (κ2) is 3.52. The fraction of sp³-hybridized carbons (Fsp3) is 1.00. The van der Waals surface area contributed by atoms with Crippen molar-refractivity contribution in [1.82, 2.24) is 9.80 Å². The Hall–Kier alpha value is -0.120. The van der Waals surface area contributed by atoms with Gasteiger partial charge in [-0.3, -0.25) is 4.90 Å². The third-order valence-corrected chi connectivity index (χ3v) is 2.57. The van der Waals surface area contributed by atoms with Crippen LogP contribution < -0.4 is 5.73 Å². The molecule has 0 amide bonds. The van der Waals surface area contributed by atoms with Crippen LogP contribution in [0.1, 0.15) is 13.8 Å². The molecule has 1 heterocycles. The Balaban J connectivity index is 2.40. The van der Waals surface area contributed by atoms with Gasteiger partial charge in [-0.25, -0.2) is 0 Å². The fourth-order valence-corrected chi connectivity index (χ4v) is 1.45. The molecule has 1 aliphatic rings. The highest BCUT2D eigenvalue weighted by atomic mass is 15.3. The first-order valence-corrected chi connectivity index (χ1v) is 4.31. The summed E-state index contributed by atoms with van der Waals surface area (Å²) in [5, 5.41) is 0. The van der Waals surface area contributed by atoms with Gasteiger partial charge in [0.2, 0.25) is 0 Å². The van der Waals surface area contributed by atoms with Crippen LogP contribution in [0.15, 0.2) is 0 Å². The lowest BCUT2D eigenvalue weighted by Gasteiger charge is -2.39. The topological polar surface area (TPSA) is 32.5 Å². The van der Waals surface area contributed by atoms with Crippen LogP contribution in [0.4, 0.5) is 0 Å². The molecular formula is C8H19N3. The molecular weight excluding hydrogens is 138 g/mol. The van der Waals surface area contributed by atoms with Crippen molar-refractivity contribution >= 4 is 0 Å². The molecule has 1 aliphatic heterocycles. The van der Waals surface area contributed by atoms with Crippen molar-refractivity contribution in [1.29, 1.82) is 0 Å². The number of hydrogen-bond acceptors (Lipinski definition) is 3. The van der Waals surface area contributed by atoms with Crippen LogP contribution in [0.5, 0.6) is 0 Å². The average Bonchev–Trinajstić information content (AvgIpc) is 1.94. The molecule has 0 aromatic heterocycles. The summed E-state index contributed by atoms with van der Waals surface area (Å²) in [6.07, 6.45) is 0.214. The molecule has 0 aromatic rings. The highest BCUT2D eigenvalue weighted by Gasteiger charge is 2.21. The number of nitrogens with two attached hydrogens (primary N) is 1. The van der Waals surface area contributed by atoms with Gasteiger partial charge in [-0.15, -0.1) is 0 Å². The predicted molar refractivity (Wildman–Crippen MR) is 47.3 cm³/mol. The van der Waals surface area contributed by atoms with E-state index < -0.39 is 0 Å². The molecule has 1 rings (SSSR count). The molecule has 0 bridgehead atoms. The van der Waals surface area contributed by atoms with Gasteiger partial charge < -0.3 is 10.6 Å².